The highest BCUT2D eigenvalue weighted by Crippen LogP contribution is 2.22. The van der Waals surface area contributed by atoms with Crippen LogP contribution >= 0.6 is 0 Å². The fourth-order valence-corrected chi connectivity index (χ4v) is 4.47. The minimum absolute atomic E-state index is 0.661. The van der Waals surface area contributed by atoms with Crippen LogP contribution in [0.15, 0.2) is 24.3 Å². The van der Waals surface area contributed by atoms with Gasteiger partial charge in [0.25, 0.3) is 0 Å². The summed E-state index contributed by atoms with van der Waals surface area (Å²) in [6.45, 7) is 4.54. The Hall–Kier alpha value is -1.03. The van der Waals surface area contributed by atoms with Crippen molar-refractivity contribution in [1.82, 2.24) is 0 Å². The number of nitrogens with zero attached hydrogens (tertiary/aromatic N) is 1. The third kappa shape index (κ3) is 25.2. The lowest BCUT2D eigenvalue weighted by atomic mass is 9.92. The average molecular weight is 444 g/mol. The largest absolute Gasteiger partial charge is 0.198 e. The van der Waals surface area contributed by atoms with E-state index in [1.165, 1.54) is 135 Å². The predicted octanol–water partition coefficient (Wildman–Crippen LogP) is 11.3. The second kappa shape index (κ2) is 28.0. The number of hydrogen-bond donors (Lipinski definition) is 0. The normalized spacial score (nSPS) is 12.7. The van der Waals surface area contributed by atoms with Crippen molar-refractivity contribution in [2.24, 2.45) is 5.92 Å². The topological polar surface area (TPSA) is 23.8 Å². The van der Waals surface area contributed by atoms with Crippen molar-refractivity contribution < 1.29 is 0 Å². The Bertz CT molecular complexity index is 442. The lowest BCUT2D eigenvalue weighted by Gasteiger charge is -2.13. The van der Waals surface area contributed by atoms with Crippen LogP contribution in [0.4, 0.5) is 0 Å². The molecule has 0 fully saturated rings. The molecule has 0 aliphatic rings. The van der Waals surface area contributed by atoms with Crippen molar-refractivity contribution in [3.63, 3.8) is 0 Å². The second-order valence-corrected chi connectivity index (χ2v) is 9.86. The highest BCUT2D eigenvalue weighted by molar-refractivity contribution is 4.92. The maximum absolute atomic E-state index is 9.12. The van der Waals surface area contributed by atoms with Crippen LogP contribution in [0.5, 0.6) is 0 Å². The quantitative estimate of drug-likeness (QED) is 0.102. The van der Waals surface area contributed by atoms with E-state index in [-0.39, 0.29) is 0 Å². The van der Waals surface area contributed by atoms with E-state index in [0.29, 0.717) is 5.92 Å². The third-order valence-corrected chi connectivity index (χ3v) is 6.66. The Morgan fingerprint density at radius 1 is 0.531 bits per heavy atom. The first-order chi connectivity index (χ1) is 15.8. The van der Waals surface area contributed by atoms with E-state index in [0.717, 1.165) is 12.8 Å². The summed E-state index contributed by atoms with van der Waals surface area (Å²) in [5.74, 6) is 0.661. The van der Waals surface area contributed by atoms with E-state index in [1.54, 1.807) is 0 Å². The van der Waals surface area contributed by atoms with E-state index in [4.69, 9.17) is 5.26 Å². The van der Waals surface area contributed by atoms with Gasteiger partial charge < -0.3 is 0 Å². The number of nitriles is 1. The first-order valence-corrected chi connectivity index (χ1v) is 14.5. The van der Waals surface area contributed by atoms with Crippen LogP contribution in [0.2, 0.25) is 0 Å². The van der Waals surface area contributed by atoms with Gasteiger partial charge in [0.05, 0.1) is 6.07 Å². The van der Waals surface area contributed by atoms with Crippen molar-refractivity contribution >= 4 is 0 Å². The molecule has 0 amide bonds. The molecule has 0 radical (unpaired) electrons. The van der Waals surface area contributed by atoms with Crippen molar-refractivity contribution in [1.29, 1.82) is 5.26 Å². The SMILES string of the molecule is CCCCCC=CCC=CCCCCCCCCCC(CC#N)CCCCCCCCC. The number of unbranched alkanes of at least 4 members (excludes halogenated alkanes) is 16. The van der Waals surface area contributed by atoms with Gasteiger partial charge in [-0.15, -0.1) is 0 Å². The lowest BCUT2D eigenvalue weighted by molar-refractivity contribution is 0.408. The minimum atomic E-state index is 0.661. The van der Waals surface area contributed by atoms with E-state index >= 15 is 0 Å². The molecule has 1 heteroatoms. The van der Waals surface area contributed by atoms with Crippen molar-refractivity contribution in [3.8, 4) is 6.07 Å². The summed E-state index contributed by atoms with van der Waals surface area (Å²) in [4.78, 5) is 0. The fraction of sp³-hybridized carbons (Fsp3) is 0.839. The van der Waals surface area contributed by atoms with Gasteiger partial charge in [-0.25, -0.2) is 0 Å². The average Bonchev–Trinajstić information content (AvgIpc) is 2.80. The van der Waals surface area contributed by atoms with Crippen molar-refractivity contribution in [2.75, 3.05) is 0 Å². The van der Waals surface area contributed by atoms with E-state index < -0.39 is 0 Å². The Kier molecular flexibility index (Phi) is 27.1. The molecule has 1 nitrogen and oxygen atoms in total. The molecular formula is C31H57N. The number of hydrogen-bond acceptors (Lipinski definition) is 1. The molecular weight excluding hydrogens is 386 g/mol. The first-order valence-electron chi connectivity index (χ1n) is 14.5. The van der Waals surface area contributed by atoms with E-state index in [1.807, 2.05) is 0 Å². The maximum Gasteiger partial charge on any atom is 0.0624 e. The standard InChI is InChI=1S/C31H57N/c1-3-5-7-9-11-12-13-14-15-16-17-18-19-20-22-24-26-28-31(29-30-32)27-25-23-21-10-8-6-4-2/h11-12,14-15,31H,3-10,13,16-29H2,1-2H3. The molecule has 0 aromatic heterocycles. The highest BCUT2D eigenvalue weighted by atomic mass is 14.2. The van der Waals surface area contributed by atoms with Gasteiger partial charge in [-0.1, -0.05) is 134 Å². The van der Waals surface area contributed by atoms with Gasteiger partial charge in [0.15, 0.2) is 0 Å². The summed E-state index contributed by atoms with van der Waals surface area (Å²) >= 11 is 0. The van der Waals surface area contributed by atoms with Gasteiger partial charge in [0.2, 0.25) is 0 Å². The predicted molar refractivity (Wildman–Crippen MR) is 145 cm³/mol. The van der Waals surface area contributed by atoms with Crippen LogP contribution in [0.25, 0.3) is 0 Å². The van der Waals surface area contributed by atoms with Crippen LogP contribution in [0.1, 0.15) is 162 Å². The number of rotatable bonds is 25. The Balaban J connectivity index is 3.45. The molecule has 1 unspecified atom stereocenters. The monoisotopic (exact) mass is 443 g/mol. The summed E-state index contributed by atoms with van der Waals surface area (Å²) < 4.78 is 0. The smallest absolute Gasteiger partial charge is 0.0624 e. The maximum atomic E-state index is 9.12. The summed E-state index contributed by atoms with van der Waals surface area (Å²) in [6.07, 6.45) is 39.6. The zero-order valence-electron chi connectivity index (χ0n) is 22.1. The first kappa shape index (κ1) is 31.0. The Labute approximate surface area is 203 Å². The molecule has 0 bridgehead atoms. The number of allylic oxidation sites excluding steroid dienone is 4. The highest BCUT2D eigenvalue weighted by Gasteiger charge is 2.08. The van der Waals surface area contributed by atoms with Crippen LogP contribution in [-0.4, -0.2) is 0 Å². The molecule has 0 N–H and O–H groups in total. The molecule has 0 aromatic carbocycles. The molecule has 0 spiro atoms. The Morgan fingerprint density at radius 2 is 0.938 bits per heavy atom. The van der Waals surface area contributed by atoms with Crippen LogP contribution in [0.3, 0.4) is 0 Å². The molecule has 186 valence electrons. The zero-order valence-corrected chi connectivity index (χ0v) is 22.1. The van der Waals surface area contributed by atoms with Gasteiger partial charge in [0.1, 0.15) is 0 Å². The van der Waals surface area contributed by atoms with Crippen LogP contribution < -0.4 is 0 Å². The molecule has 0 saturated heterocycles. The minimum Gasteiger partial charge on any atom is -0.198 e. The molecule has 32 heavy (non-hydrogen) atoms. The van der Waals surface area contributed by atoms with Gasteiger partial charge in [-0.3, -0.25) is 0 Å². The van der Waals surface area contributed by atoms with Gasteiger partial charge in [0, 0.05) is 6.42 Å². The lowest BCUT2D eigenvalue weighted by Crippen LogP contribution is -2.00. The molecule has 0 aliphatic carbocycles. The molecule has 0 saturated carbocycles. The molecule has 0 rings (SSSR count). The van der Waals surface area contributed by atoms with Crippen LogP contribution in [-0.2, 0) is 0 Å². The third-order valence-electron chi connectivity index (χ3n) is 6.66. The molecule has 0 heterocycles. The van der Waals surface area contributed by atoms with E-state index in [2.05, 4.69) is 44.2 Å². The van der Waals surface area contributed by atoms with Gasteiger partial charge in [-0.2, -0.15) is 5.26 Å². The summed E-state index contributed by atoms with van der Waals surface area (Å²) in [5.41, 5.74) is 0. The van der Waals surface area contributed by atoms with Crippen molar-refractivity contribution in [3.05, 3.63) is 24.3 Å². The van der Waals surface area contributed by atoms with Crippen LogP contribution in [0, 0.1) is 17.2 Å². The molecule has 1 atom stereocenters. The summed E-state index contributed by atoms with van der Waals surface area (Å²) in [7, 11) is 0. The summed E-state index contributed by atoms with van der Waals surface area (Å²) in [5, 5.41) is 9.12. The van der Waals surface area contributed by atoms with Gasteiger partial charge in [-0.05, 0) is 50.9 Å². The Morgan fingerprint density at radius 3 is 1.44 bits per heavy atom. The molecule has 0 aromatic rings. The fourth-order valence-electron chi connectivity index (χ4n) is 4.47. The second-order valence-electron chi connectivity index (χ2n) is 9.86. The molecule has 0 aliphatic heterocycles. The van der Waals surface area contributed by atoms with Gasteiger partial charge >= 0.3 is 0 Å². The van der Waals surface area contributed by atoms with Crippen molar-refractivity contribution in [2.45, 2.75) is 162 Å². The van der Waals surface area contributed by atoms with E-state index in [9.17, 15) is 0 Å². The summed E-state index contributed by atoms with van der Waals surface area (Å²) in [6, 6.07) is 2.43. The zero-order chi connectivity index (χ0) is 23.4.